The summed E-state index contributed by atoms with van der Waals surface area (Å²) >= 11 is 5.80. The number of carbonyl (C=O) groups excluding carboxylic acids is 2. The van der Waals surface area contributed by atoms with Crippen molar-refractivity contribution in [2.24, 2.45) is 0 Å². The van der Waals surface area contributed by atoms with E-state index in [9.17, 15) is 9.59 Å². The molecule has 0 atom stereocenters. The van der Waals surface area contributed by atoms with Crippen molar-refractivity contribution in [1.82, 2.24) is 0 Å². The van der Waals surface area contributed by atoms with Crippen molar-refractivity contribution in [2.75, 3.05) is 17.2 Å². The van der Waals surface area contributed by atoms with E-state index in [-0.39, 0.29) is 24.8 Å². The Labute approximate surface area is 146 Å². The fraction of sp³-hybridized carbons (Fsp3) is 0.222. The first-order chi connectivity index (χ1) is 11.4. The highest BCUT2D eigenvalue weighted by atomic mass is 35.5. The van der Waals surface area contributed by atoms with E-state index < -0.39 is 0 Å². The Morgan fingerprint density at radius 1 is 1.08 bits per heavy atom. The smallest absolute Gasteiger partial charge is 0.227 e. The van der Waals surface area contributed by atoms with Crippen molar-refractivity contribution in [2.45, 2.75) is 20.3 Å². The molecule has 0 unspecified atom stereocenters. The number of carbonyl (C=O) groups is 2. The first-order valence-electron chi connectivity index (χ1n) is 7.50. The van der Waals surface area contributed by atoms with Crippen LogP contribution in [0.4, 0.5) is 11.4 Å². The first-order valence-corrected chi connectivity index (χ1v) is 7.88. The summed E-state index contributed by atoms with van der Waals surface area (Å²) in [7, 11) is 0. The van der Waals surface area contributed by atoms with Crippen LogP contribution in [0.15, 0.2) is 42.5 Å². The zero-order chi connectivity index (χ0) is 17.5. The third-order valence-corrected chi connectivity index (χ3v) is 3.50. The minimum absolute atomic E-state index is 0.160. The fourth-order valence-corrected chi connectivity index (χ4v) is 2.17. The molecule has 0 saturated heterocycles. The zero-order valence-electron chi connectivity index (χ0n) is 13.6. The molecule has 2 N–H and O–H groups in total. The van der Waals surface area contributed by atoms with Gasteiger partial charge < -0.3 is 15.4 Å². The number of anilines is 2. The molecule has 0 heterocycles. The Hall–Kier alpha value is -2.53. The second-order valence-corrected chi connectivity index (χ2v) is 5.75. The number of ether oxygens (including phenoxy) is 1. The molecule has 24 heavy (non-hydrogen) atoms. The van der Waals surface area contributed by atoms with Gasteiger partial charge in [0.15, 0.2) is 0 Å². The Morgan fingerprint density at radius 2 is 1.79 bits per heavy atom. The van der Waals surface area contributed by atoms with Crippen LogP contribution in [0.3, 0.4) is 0 Å². The second-order valence-electron chi connectivity index (χ2n) is 5.31. The molecular weight excluding hydrogens is 328 g/mol. The molecule has 0 radical (unpaired) electrons. The number of aryl methyl sites for hydroxylation is 1. The van der Waals surface area contributed by atoms with Crippen molar-refractivity contribution in [1.29, 1.82) is 0 Å². The topological polar surface area (TPSA) is 67.4 Å². The van der Waals surface area contributed by atoms with Gasteiger partial charge in [-0.15, -0.1) is 0 Å². The van der Waals surface area contributed by atoms with Crippen molar-refractivity contribution in [3.63, 3.8) is 0 Å². The van der Waals surface area contributed by atoms with Crippen LogP contribution in [0.5, 0.6) is 5.75 Å². The van der Waals surface area contributed by atoms with Gasteiger partial charge in [-0.2, -0.15) is 0 Å². The van der Waals surface area contributed by atoms with Crippen LogP contribution in [0.2, 0.25) is 5.02 Å². The SMILES string of the molecule is CC(=O)Nc1ccc(C)c(NC(=O)CCOc2ccc(Cl)cc2)c1. The lowest BCUT2D eigenvalue weighted by atomic mass is 10.1. The summed E-state index contributed by atoms with van der Waals surface area (Å²) in [5, 5.41) is 6.15. The lowest BCUT2D eigenvalue weighted by Gasteiger charge is -2.11. The summed E-state index contributed by atoms with van der Waals surface area (Å²) in [6, 6.07) is 12.3. The summed E-state index contributed by atoms with van der Waals surface area (Å²) in [4.78, 5) is 23.1. The Bertz CT molecular complexity index is 730. The summed E-state index contributed by atoms with van der Waals surface area (Å²) < 4.78 is 5.50. The monoisotopic (exact) mass is 346 g/mol. The first kappa shape index (κ1) is 17.8. The molecular formula is C18H19ClN2O3. The van der Waals surface area contributed by atoms with Crippen LogP contribution in [-0.2, 0) is 9.59 Å². The lowest BCUT2D eigenvalue weighted by molar-refractivity contribution is -0.116. The number of nitrogens with one attached hydrogen (secondary N) is 2. The van der Waals surface area contributed by atoms with Gasteiger partial charge in [-0.3, -0.25) is 9.59 Å². The van der Waals surface area contributed by atoms with E-state index in [1.165, 1.54) is 6.92 Å². The number of hydrogen-bond donors (Lipinski definition) is 2. The predicted octanol–water partition coefficient (Wildman–Crippen LogP) is 4.01. The van der Waals surface area contributed by atoms with Gasteiger partial charge in [0.1, 0.15) is 5.75 Å². The molecule has 2 rings (SSSR count). The third kappa shape index (κ3) is 5.59. The standard InChI is InChI=1S/C18H19ClN2O3/c1-12-3-6-15(20-13(2)22)11-17(12)21-18(23)9-10-24-16-7-4-14(19)5-8-16/h3-8,11H,9-10H2,1-2H3,(H,20,22)(H,21,23). The molecule has 0 aliphatic heterocycles. The molecule has 2 aromatic carbocycles. The number of hydrogen-bond acceptors (Lipinski definition) is 3. The van der Waals surface area contributed by atoms with Crippen molar-refractivity contribution in [3.05, 3.63) is 53.1 Å². The average molecular weight is 347 g/mol. The minimum atomic E-state index is -0.160. The van der Waals surface area contributed by atoms with Gasteiger partial charge in [0.05, 0.1) is 13.0 Å². The molecule has 6 heteroatoms. The fourth-order valence-electron chi connectivity index (χ4n) is 2.04. The average Bonchev–Trinajstić information content (AvgIpc) is 2.52. The molecule has 5 nitrogen and oxygen atoms in total. The van der Waals surface area contributed by atoms with E-state index >= 15 is 0 Å². The van der Waals surface area contributed by atoms with E-state index in [1.807, 2.05) is 13.0 Å². The molecule has 0 aromatic heterocycles. The molecule has 0 fully saturated rings. The highest BCUT2D eigenvalue weighted by Crippen LogP contribution is 2.21. The highest BCUT2D eigenvalue weighted by molar-refractivity contribution is 6.30. The molecule has 0 bridgehead atoms. The van der Waals surface area contributed by atoms with Gasteiger partial charge in [0.25, 0.3) is 0 Å². The lowest BCUT2D eigenvalue weighted by Crippen LogP contribution is -2.16. The molecule has 2 amide bonds. The van der Waals surface area contributed by atoms with Crippen LogP contribution < -0.4 is 15.4 Å². The third-order valence-electron chi connectivity index (χ3n) is 3.24. The minimum Gasteiger partial charge on any atom is -0.493 e. The summed E-state index contributed by atoms with van der Waals surface area (Å²) in [6.07, 6.45) is 0.215. The van der Waals surface area contributed by atoms with Crippen molar-refractivity contribution in [3.8, 4) is 5.75 Å². The molecule has 2 aromatic rings. The maximum Gasteiger partial charge on any atom is 0.227 e. The van der Waals surface area contributed by atoms with Crippen molar-refractivity contribution >= 4 is 34.8 Å². The van der Waals surface area contributed by atoms with E-state index in [0.717, 1.165) is 5.56 Å². The van der Waals surface area contributed by atoms with Crippen molar-refractivity contribution < 1.29 is 14.3 Å². The van der Waals surface area contributed by atoms with Gasteiger partial charge in [0.2, 0.25) is 11.8 Å². The number of rotatable bonds is 6. The van der Waals surface area contributed by atoms with E-state index in [4.69, 9.17) is 16.3 Å². The summed E-state index contributed by atoms with van der Waals surface area (Å²) in [6.45, 7) is 3.58. The van der Waals surface area contributed by atoms with Crippen LogP contribution in [-0.4, -0.2) is 18.4 Å². The normalized spacial score (nSPS) is 10.1. The van der Waals surface area contributed by atoms with E-state index in [0.29, 0.717) is 22.1 Å². The Morgan fingerprint density at radius 3 is 2.46 bits per heavy atom. The quantitative estimate of drug-likeness (QED) is 0.830. The van der Waals surface area contributed by atoms with E-state index in [2.05, 4.69) is 10.6 Å². The molecule has 0 spiro atoms. The highest BCUT2D eigenvalue weighted by Gasteiger charge is 2.07. The molecule has 0 aliphatic carbocycles. The Balaban J connectivity index is 1.87. The van der Waals surface area contributed by atoms with E-state index in [1.54, 1.807) is 36.4 Å². The van der Waals surface area contributed by atoms with Gasteiger partial charge in [0, 0.05) is 23.3 Å². The number of benzene rings is 2. The number of amides is 2. The van der Waals surface area contributed by atoms with Gasteiger partial charge in [-0.1, -0.05) is 17.7 Å². The van der Waals surface area contributed by atoms with Crippen LogP contribution in [0, 0.1) is 6.92 Å². The second kappa shape index (κ2) is 8.36. The van der Waals surface area contributed by atoms with Gasteiger partial charge in [-0.25, -0.2) is 0 Å². The maximum atomic E-state index is 12.0. The molecule has 0 aliphatic rings. The largest absolute Gasteiger partial charge is 0.493 e. The maximum absolute atomic E-state index is 12.0. The summed E-state index contributed by atoms with van der Waals surface area (Å²) in [5.74, 6) is 0.343. The molecule has 126 valence electrons. The molecule has 0 saturated carbocycles. The number of halogens is 1. The zero-order valence-corrected chi connectivity index (χ0v) is 14.3. The van der Waals surface area contributed by atoms with Gasteiger partial charge in [-0.05, 0) is 48.9 Å². The summed E-state index contributed by atoms with van der Waals surface area (Å²) in [5.41, 5.74) is 2.22. The Kier molecular flexibility index (Phi) is 6.21. The van der Waals surface area contributed by atoms with Crippen LogP contribution >= 0.6 is 11.6 Å². The van der Waals surface area contributed by atoms with Crippen LogP contribution in [0.1, 0.15) is 18.9 Å². The van der Waals surface area contributed by atoms with Gasteiger partial charge >= 0.3 is 0 Å². The van der Waals surface area contributed by atoms with Crippen LogP contribution in [0.25, 0.3) is 0 Å². The predicted molar refractivity (Wildman–Crippen MR) is 95.7 cm³/mol.